The highest BCUT2D eigenvalue weighted by atomic mass is 32.2. The van der Waals surface area contributed by atoms with Crippen molar-refractivity contribution in [2.45, 2.75) is 49.4 Å². The first-order valence-corrected chi connectivity index (χ1v) is 7.79. The third kappa shape index (κ3) is 5.69. The van der Waals surface area contributed by atoms with Crippen molar-refractivity contribution in [3.63, 3.8) is 0 Å². The van der Waals surface area contributed by atoms with E-state index in [1.54, 1.807) is 11.8 Å². The molecule has 6 nitrogen and oxygen atoms in total. The molecule has 0 aromatic rings. The van der Waals surface area contributed by atoms with E-state index in [1.165, 1.54) is 6.42 Å². The molecule has 1 aliphatic rings. The van der Waals surface area contributed by atoms with Crippen LogP contribution in [0.5, 0.6) is 0 Å². The van der Waals surface area contributed by atoms with Crippen LogP contribution in [-0.4, -0.2) is 52.4 Å². The number of amides is 2. The molecule has 110 valence electrons. The number of carboxylic acid groups (broad SMARTS) is 1. The summed E-state index contributed by atoms with van der Waals surface area (Å²) in [5, 5.41) is 23.4. The van der Waals surface area contributed by atoms with Gasteiger partial charge < -0.3 is 20.8 Å². The van der Waals surface area contributed by atoms with Gasteiger partial charge in [-0.3, -0.25) is 0 Å². The average molecular weight is 290 g/mol. The Morgan fingerprint density at radius 1 is 1.42 bits per heavy atom. The lowest BCUT2D eigenvalue weighted by atomic mass is 9.95. The normalized spacial score (nSPS) is 24.5. The van der Waals surface area contributed by atoms with Crippen LogP contribution >= 0.6 is 11.8 Å². The number of aliphatic hydroxyl groups excluding tert-OH is 1. The molecule has 3 atom stereocenters. The second kappa shape index (κ2) is 8.27. The number of thioether (sulfide) groups is 1. The van der Waals surface area contributed by atoms with Crippen LogP contribution in [0, 0.1) is 0 Å². The fraction of sp³-hybridized carbons (Fsp3) is 0.833. The minimum absolute atomic E-state index is 0.0147. The number of nitrogens with one attached hydrogen (secondary N) is 2. The van der Waals surface area contributed by atoms with Crippen LogP contribution in [0.3, 0.4) is 0 Å². The summed E-state index contributed by atoms with van der Waals surface area (Å²) in [7, 11) is 0. The second-order valence-electron chi connectivity index (χ2n) is 4.74. The van der Waals surface area contributed by atoms with Crippen molar-refractivity contribution in [3.8, 4) is 0 Å². The molecule has 1 aliphatic carbocycles. The highest BCUT2D eigenvalue weighted by Crippen LogP contribution is 2.26. The fourth-order valence-corrected chi connectivity index (χ4v) is 3.09. The molecular formula is C12H22N2O4S. The van der Waals surface area contributed by atoms with Gasteiger partial charge in [-0.15, -0.1) is 0 Å². The Bertz CT molecular complexity index is 314. The van der Waals surface area contributed by atoms with Gasteiger partial charge in [0.05, 0.1) is 0 Å². The largest absolute Gasteiger partial charge is 0.480 e. The van der Waals surface area contributed by atoms with E-state index in [0.29, 0.717) is 5.25 Å². The summed E-state index contributed by atoms with van der Waals surface area (Å²) in [6.07, 6.45) is 6.18. The van der Waals surface area contributed by atoms with Gasteiger partial charge in [-0.1, -0.05) is 6.42 Å². The van der Waals surface area contributed by atoms with E-state index >= 15 is 0 Å². The van der Waals surface area contributed by atoms with E-state index in [0.717, 1.165) is 19.3 Å². The van der Waals surface area contributed by atoms with Crippen LogP contribution in [0.2, 0.25) is 0 Å². The van der Waals surface area contributed by atoms with Crippen LogP contribution in [0.1, 0.15) is 32.1 Å². The van der Waals surface area contributed by atoms with Gasteiger partial charge in [0.1, 0.15) is 6.04 Å². The van der Waals surface area contributed by atoms with Crippen molar-refractivity contribution in [2.75, 3.05) is 12.9 Å². The highest BCUT2D eigenvalue weighted by molar-refractivity contribution is 7.99. The topological polar surface area (TPSA) is 98.7 Å². The number of carbonyl (C=O) groups excluding carboxylic acids is 1. The smallest absolute Gasteiger partial charge is 0.326 e. The van der Waals surface area contributed by atoms with Gasteiger partial charge in [0, 0.05) is 24.3 Å². The van der Waals surface area contributed by atoms with Gasteiger partial charge in [0.15, 0.2) is 0 Å². The SMILES string of the molecule is CSC1CCCC(NC(=O)NC(CCO)C(=O)O)C1. The summed E-state index contributed by atoms with van der Waals surface area (Å²) in [6.45, 7) is -0.269. The minimum Gasteiger partial charge on any atom is -0.480 e. The van der Waals surface area contributed by atoms with Crippen molar-refractivity contribution in [1.29, 1.82) is 0 Å². The molecule has 3 unspecified atom stereocenters. The van der Waals surface area contributed by atoms with Gasteiger partial charge in [0.2, 0.25) is 0 Å². The molecule has 19 heavy (non-hydrogen) atoms. The summed E-state index contributed by atoms with van der Waals surface area (Å²) in [6, 6.07) is -1.40. The quantitative estimate of drug-likeness (QED) is 0.580. The Hall–Kier alpha value is -0.950. The lowest BCUT2D eigenvalue weighted by Gasteiger charge is -2.29. The van der Waals surface area contributed by atoms with E-state index in [-0.39, 0.29) is 19.1 Å². The minimum atomic E-state index is -1.13. The van der Waals surface area contributed by atoms with Gasteiger partial charge >= 0.3 is 12.0 Å². The summed E-state index contributed by atoms with van der Waals surface area (Å²) in [5.74, 6) is -1.13. The number of urea groups is 1. The van der Waals surface area contributed by atoms with Crippen molar-refractivity contribution in [3.05, 3.63) is 0 Å². The number of carbonyl (C=O) groups is 2. The Morgan fingerprint density at radius 3 is 2.74 bits per heavy atom. The van der Waals surface area contributed by atoms with E-state index < -0.39 is 18.0 Å². The Kier molecular flexibility index (Phi) is 7.01. The molecular weight excluding hydrogens is 268 g/mol. The molecule has 0 aromatic heterocycles. The number of aliphatic hydroxyl groups is 1. The summed E-state index contributed by atoms with van der Waals surface area (Å²) in [5.41, 5.74) is 0. The summed E-state index contributed by atoms with van der Waals surface area (Å²) >= 11 is 1.80. The van der Waals surface area contributed by atoms with Crippen molar-refractivity contribution in [1.82, 2.24) is 10.6 Å². The summed E-state index contributed by atoms with van der Waals surface area (Å²) < 4.78 is 0. The number of carboxylic acids is 1. The second-order valence-corrected chi connectivity index (χ2v) is 5.88. The number of hydrogen-bond acceptors (Lipinski definition) is 4. The maximum atomic E-state index is 11.7. The zero-order chi connectivity index (χ0) is 14.3. The van der Waals surface area contributed by atoms with Gasteiger partial charge in [-0.25, -0.2) is 9.59 Å². The Balaban J connectivity index is 2.39. The Labute approximate surface area is 117 Å². The molecule has 0 aromatic carbocycles. The molecule has 0 saturated heterocycles. The van der Waals surface area contributed by atoms with Gasteiger partial charge in [0.25, 0.3) is 0 Å². The molecule has 0 heterocycles. The predicted octanol–water partition coefficient (Wildman–Crippen LogP) is 0.795. The fourth-order valence-electron chi connectivity index (χ4n) is 2.26. The van der Waals surface area contributed by atoms with Crippen LogP contribution in [0.15, 0.2) is 0 Å². The van der Waals surface area contributed by atoms with Crippen LogP contribution in [0.4, 0.5) is 4.79 Å². The molecule has 2 amide bonds. The molecule has 1 saturated carbocycles. The average Bonchev–Trinajstić information content (AvgIpc) is 2.38. The van der Waals surface area contributed by atoms with E-state index in [1.807, 2.05) is 0 Å². The predicted molar refractivity (Wildman–Crippen MR) is 74.4 cm³/mol. The molecule has 1 fully saturated rings. The lowest BCUT2D eigenvalue weighted by molar-refractivity contribution is -0.139. The lowest BCUT2D eigenvalue weighted by Crippen LogP contribution is -2.50. The number of aliphatic carboxylic acids is 1. The van der Waals surface area contributed by atoms with Crippen LogP contribution in [-0.2, 0) is 4.79 Å². The zero-order valence-corrected chi connectivity index (χ0v) is 11.9. The molecule has 4 N–H and O–H groups in total. The molecule has 0 spiro atoms. The first-order chi connectivity index (χ1) is 9.06. The molecule has 1 rings (SSSR count). The first kappa shape index (κ1) is 16.1. The van der Waals surface area contributed by atoms with Crippen molar-refractivity contribution < 1.29 is 19.8 Å². The molecule has 0 radical (unpaired) electrons. The van der Waals surface area contributed by atoms with Crippen molar-refractivity contribution >= 4 is 23.8 Å². The number of rotatable bonds is 6. The van der Waals surface area contributed by atoms with Gasteiger partial charge in [-0.05, 0) is 25.5 Å². The third-order valence-corrected chi connectivity index (χ3v) is 4.41. The van der Waals surface area contributed by atoms with Crippen LogP contribution in [0.25, 0.3) is 0 Å². The first-order valence-electron chi connectivity index (χ1n) is 6.50. The maximum absolute atomic E-state index is 11.7. The van der Waals surface area contributed by atoms with E-state index in [4.69, 9.17) is 10.2 Å². The zero-order valence-electron chi connectivity index (χ0n) is 11.1. The third-order valence-electron chi connectivity index (χ3n) is 3.32. The molecule has 7 heteroatoms. The standard InChI is InChI=1S/C12H22N2O4S/c1-19-9-4-2-3-8(7-9)13-12(18)14-10(5-6-15)11(16)17/h8-10,15H,2-7H2,1H3,(H,16,17)(H2,13,14,18). The van der Waals surface area contributed by atoms with Gasteiger partial charge in [-0.2, -0.15) is 11.8 Å². The monoisotopic (exact) mass is 290 g/mol. The molecule has 0 aliphatic heterocycles. The molecule has 0 bridgehead atoms. The van der Waals surface area contributed by atoms with Crippen LogP contribution < -0.4 is 10.6 Å². The van der Waals surface area contributed by atoms with E-state index in [9.17, 15) is 9.59 Å². The number of hydrogen-bond donors (Lipinski definition) is 4. The highest BCUT2D eigenvalue weighted by Gasteiger charge is 2.24. The van der Waals surface area contributed by atoms with Crippen molar-refractivity contribution in [2.24, 2.45) is 0 Å². The maximum Gasteiger partial charge on any atom is 0.326 e. The Morgan fingerprint density at radius 2 is 2.16 bits per heavy atom. The summed E-state index contributed by atoms with van der Waals surface area (Å²) in [4.78, 5) is 22.6. The van der Waals surface area contributed by atoms with E-state index in [2.05, 4.69) is 16.9 Å².